The van der Waals surface area contributed by atoms with Gasteiger partial charge < -0.3 is 0 Å². The molecule has 3 nitrogen and oxygen atoms in total. The zero-order chi connectivity index (χ0) is 11.8. The fraction of sp³-hybridized carbons (Fsp3) is 0.333. The molecule has 0 aromatic rings. The van der Waals surface area contributed by atoms with Crippen molar-refractivity contribution in [1.82, 2.24) is 5.43 Å². The van der Waals surface area contributed by atoms with Gasteiger partial charge in [0.2, 0.25) is 0 Å². The Bertz CT molecular complexity index is 332. The molecule has 15 heavy (non-hydrogen) atoms. The summed E-state index contributed by atoms with van der Waals surface area (Å²) in [4.78, 5) is 11.5. The molecule has 0 aromatic carbocycles. The van der Waals surface area contributed by atoms with Crippen molar-refractivity contribution in [2.75, 3.05) is 0 Å². The molecule has 82 valence electrons. The molecule has 0 rings (SSSR count). The van der Waals surface area contributed by atoms with E-state index in [9.17, 15) is 4.79 Å². The van der Waals surface area contributed by atoms with E-state index in [4.69, 9.17) is 0 Å². The van der Waals surface area contributed by atoms with Crippen LogP contribution in [0.2, 0.25) is 0 Å². The minimum Gasteiger partial charge on any atom is -0.267 e. The van der Waals surface area contributed by atoms with Gasteiger partial charge in [0.15, 0.2) is 0 Å². The minimum atomic E-state index is -0.212. The first-order chi connectivity index (χ1) is 6.97. The number of carbonyl (C=O) groups excluding carboxylic acids is 1. The Morgan fingerprint density at radius 1 is 1.27 bits per heavy atom. The smallest absolute Gasteiger partial charge is 0.267 e. The molecule has 0 aliphatic rings. The summed E-state index contributed by atoms with van der Waals surface area (Å²) in [6, 6.07) is 0. The van der Waals surface area contributed by atoms with Crippen molar-refractivity contribution < 1.29 is 4.79 Å². The molecule has 0 radical (unpaired) electrons. The van der Waals surface area contributed by atoms with Gasteiger partial charge in [0.1, 0.15) is 0 Å². The molecule has 1 amide bonds. The van der Waals surface area contributed by atoms with Crippen LogP contribution in [0.1, 0.15) is 27.7 Å². The van der Waals surface area contributed by atoms with Crippen molar-refractivity contribution in [3.63, 3.8) is 0 Å². The number of carbonyl (C=O) groups is 1. The summed E-state index contributed by atoms with van der Waals surface area (Å²) in [7, 11) is 0. The van der Waals surface area contributed by atoms with Gasteiger partial charge >= 0.3 is 0 Å². The topological polar surface area (TPSA) is 41.5 Å². The zero-order valence-corrected chi connectivity index (χ0v) is 9.79. The first kappa shape index (κ1) is 13.4. The number of hydrogen-bond donors (Lipinski definition) is 1. The fourth-order valence-corrected chi connectivity index (χ4v) is 0.762. The Kier molecular flexibility index (Phi) is 6.02. The van der Waals surface area contributed by atoms with E-state index in [1.54, 1.807) is 25.2 Å². The highest BCUT2D eigenvalue weighted by Crippen LogP contribution is 2.00. The van der Waals surface area contributed by atoms with Gasteiger partial charge in [-0.1, -0.05) is 24.3 Å². The second kappa shape index (κ2) is 6.76. The van der Waals surface area contributed by atoms with E-state index in [1.165, 1.54) is 0 Å². The number of hydrazone groups is 1. The summed E-state index contributed by atoms with van der Waals surface area (Å²) in [6.45, 7) is 11.0. The molecule has 0 bridgehead atoms. The van der Waals surface area contributed by atoms with Crippen LogP contribution in [0.15, 0.2) is 41.1 Å². The van der Waals surface area contributed by atoms with E-state index >= 15 is 0 Å². The minimum absolute atomic E-state index is 0.212. The number of amides is 1. The molecule has 0 aliphatic heterocycles. The van der Waals surface area contributed by atoms with Gasteiger partial charge in [0, 0.05) is 11.3 Å². The van der Waals surface area contributed by atoms with Gasteiger partial charge in [-0.3, -0.25) is 4.79 Å². The van der Waals surface area contributed by atoms with Crippen LogP contribution in [0.5, 0.6) is 0 Å². The number of allylic oxidation sites excluding steroid dienone is 3. The van der Waals surface area contributed by atoms with E-state index in [0.717, 1.165) is 11.3 Å². The molecular formula is C12H18N2O. The monoisotopic (exact) mass is 206 g/mol. The lowest BCUT2D eigenvalue weighted by molar-refractivity contribution is -0.117. The van der Waals surface area contributed by atoms with Crippen LogP contribution < -0.4 is 5.43 Å². The third-order valence-corrected chi connectivity index (χ3v) is 1.50. The van der Waals surface area contributed by atoms with Gasteiger partial charge in [-0.2, -0.15) is 5.10 Å². The SMILES string of the molecule is C=C(C)/C=C\C(=C/C)C(=O)NN=C(C)C. The molecule has 0 unspecified atom stereocenters. The predicted molar refractivity (Wildman–Crippen MR) is 64.6 cm³/mol. The van der Waals surface area contributed by atoms with Gasteiger partial charge in [-0.15, -0.1) is 0 Å². The van der Waals surface area contributed by atoms with Crippen molar-refractivity contribution in [2.45, 2.75) is 27.7 Å². The molecule has 0 spiro atoms. The standard InChI is InChI=1S/C12H18N2O/c1-6-11(8-7-9(2)3)12(15)14-13-10(4)5/h6-8H,2H2,1,3-5H3,(H,14,15)/b8-7-,11-6+. The van der Waals surface area contributed by atoms with Gasteiger partial charge in [-0.25, -0.2) is 5.43 Å². The third-order valence-electron chi connectivity index (χ3n) is 1.50. The second-order valence-corrected chi connectivity index (χ2v) is 3.42. The van der Waals surface area contributed by atoms with E-state index in [0.29, 0.717) is 5.57 Å². The predicted octanol–water partition coefficient (Wildman–Crippen LogP) is 2.58. The summed E-state index contributed by atoms with van der Waals surface area (Å²) < 4.78 is 0. The molecule has 0 saturated heterocycles. The highest BCUT2D eigenvalue weighted by atomic mass is 16.2. The lowest BCUT2D eigenvalue weighted by atomic mass is 10.2. The normalized spacial score (nSPS) is 11.3. The van der Waals surface area contributed by atoms with Gasteiger partial charge in [0.05, 0.1) is 0 Å². The second-order valence-electron chi connectivity index (χ2n) is 3.42. The molecule has 3 heteroatoms. The Balaban J connectivity index is 4.51. The first-order valence-corrected chi connectivity index (χ1v) is 4.78. The number of nitrogens with zero attached hydrogens (tertiary/aromatic N) is 1. The van der Waals surface area contributed by atoms with Gasteiger partial charge in [0.25, 0.3) is 5.91 Å². The van der Waals surface area contributed by atoms with Crippen LogP contribution in [-0.2, 0) is 4.79 Å². The molecule has 0 saturated carbocycles. The Morgan fingerprint density at radius 3 is 2.27 bits per heavy atom. The number of nitrogens with one attached hydrogen (secondary N) is 1. The molecular weight excluding hydrogens is 188 g/mol. The largest absolute Gasteiger partial charge is 0.271 e. The van der Waals surface area contributed by atoms with Crippen molar-refractivity contribution in [3.8, 4) is 0 Å². The van der Waals surface area contributed by atoms with Crippen LogP contribution in [0, 0.1) is 0 Å². The van der Waals surface area contributed by atoms with Crippen molar-refractivity contribution in [3.05, 3.63) is 36.0 Å². The van der Waals surface area contributed by atoms with E-state index < -0.39 is 0 Å². The fourth-order valence-electron chi connectivity index (χ4n) is 0.762. The maximum Gasteiger partial charge on any atom is 0.271 e. The van der Waals surface area contributed by atoms with Crippen molar-refractivity contribution in [2.24, 2.45) is 5.10 Å². The summed E-state index contributed by atoms with van der Waals surface area (Å²) in [5, 5.41) is 3.84. The van der Waals surface area contributed by atoms with Crippen LogP contribution >= 0.6 is 0 Å². The number of hydrogen-bond acceptors (Lipinski definition) is 2. The molecule has 0 aromatic heterocycles. The summed E-state index contributed by atoms with van der Waals surface area (Å²) >= 11 is 0. The van der Waals surface area contributed by atoms with E-state index in [-0.39, 0.29) is 5.91 Å². The lowest BCUT2D eigenvalue weighted by Crippen LogP contribution is -2.19. The highest BCUT2D eigenvalue weighted by Gasteiger charge is 2.02. The van der Waals surface area contributed by atoms with E-state index in [2.05, 4.69) is 17.1 Å². The van der Waals surface area contributed by atoms with Gasteiger partial charge in [-0.05, 0) is 33.8 Å². The van der Waals surface area contributed by atoms with Crippen LogP contribution in [0.25, 0.3) is 0 Å². The summed E-state index contributed by atoms with van der Waals surface area (Å²) in [6.07, 6.45) is 5.24. The molecule has 0 heterocycles. The Morgan fingerprint density at radius 2 is 1.87 bits per heavy atom. The maximum atomic E-state index is 11.5. The highest BCUT2D eigenvalue weighted by molar-refractivity contribution is 5.96. The average Bonchev–Trinajstić information content (AvgIpc) is 2.15. The molecule has 0 atom stereocenters. The molecule has 0 aliphatic carbocycles. The summed E-state index contributed by atoms with van der Waals surface area (Å²) in [5.74, 6) is -0.212. The Hall–Kier alpha value is -1.64. The van der Waals surface area contributed by atoms with Crippen molar-refractivity contribution >= 4 is 11.6 Å². The Labute approximate surface area is 91.3 Å². The summed E-state index contributed by atoms with van der Waals surface area (Å²) in [5.41, 5.74) is 4.74. The maximum absolute atomic E-state index is 11.5. The lowest BCUT2D eigenvalue weighted by Gasteiger charge is -2.00. The van der Waals surface area contributed by atoms with Crippen LogP contribution in [0.3, 0.4) is 0 Å². The third kappa shape index (κ3) is 6.43. The van der Waals surface area contributed by atoms with Crippen LogP contribution in [-0.4, -0.2) is 11.6 Å². The molecule has 0 fully saturated rings. The molecule has 1 N–H and O–H groups in total. The van der Waals surface area contributed by atoms with Crippen molar-refractivity contribution in [1.29, 1.82) is 0 Å². The van der Waals surface area contributed by atoms with E-state index in [1.807, 2.05) is 20.8 Å². The number of rotatable bonds is 4. The first-order valence-electron chi connectivity index (χ1n) is 4.78. The zero-order valence-electron chi connectivity index (χ0n) is 9.79. The average molecular weight is 206 g/mol. The quantitative estimate of drug-likeness (QED) is 0.326. The van der Waals surface area contributed by atoms with Crippen LogP contribution in [0.4, 0.5) is 0 Å².